The van der Waals surface area contributed by atoms with E-state index < -0.39 is 10.0 Å². The zero-order valence-corrected chi connectivity index (χ0v) is 14.7. The van der Waals surface area contributed by atoms with E-state index in [1.165, 1.54) is 24.3 Å². The molecular weight excluding hydrogens is 364 g/mol. The van der Waals surface area contributed by atoms with Crippen molar-refractivity contribution in [2.24, 2.45) is 5.14 Å². The van der Waals surface area contributed by atoms with Crippen molar-refractivity contribution >= 4 is 44.6 Å². The van der Waals surface area contributed by atoms with Gasteiger partial charge in [0, 0.05) is 11.4 Å². The van der Waals surface area contributed by atoms with E-state index in [4.69, 9.17) is 9.56 Å². The van der Waals surface area contributed by atoms with Crippen LogP contribution < -0.4 is 10.5 Å². The zero-order valence-electron chi connectivity index (χ0n) is 13.1. The SMILES string of the molecule is Cc1ccc2oc(SCC(=O)Nc3ccc(S(N)(=O)=O)cc3)nc2n1. The summed E-state index contributed by atoms with van der Waals surface area (Å²) in [6.45, 7) is 1.86. The fraction of sp³-hybridized carbons (Fsp3) is 0.133. The molecule has 3 N–H and O–H groups in total. The molecule has 3 rings (SSSR count). The molecule has 25 heavy (non-hydrogen) atoms. The number of hydrogen-bond donors (Lipinski definition) is 2. The minimum Gasteiger partial charge on any atom is -0.430 e. The minimum atomic E-state index is -3.75. The van der Waals surface area contributed by atoms with Crippen LogP contribution in [0.1, 0.15) is 5.69 Å². The number of oxazole rings is 1. The Kier molecular flexibility index (Phi) is 4.75. The third kappa shape index (κ3) is 4.35. The molecule has 0 aliphatic carbocycles. The molecule has 3 aromatic rings. The smallest absolute Gasteiger partial charge is 0.258 e. The van der Waals surface area contributed by atoms with Gasteiger partial charge in [0.2, 0.25) is 15.9 Å². The highest BCUT2D eigenvalue weighted by Gasteiger charge is 2.11. The fourth-order valence-electron chi connectivity index (χ4n) is 2.01. The largest absolute Gasteiger partial charge is 0.430 e. The van der Waals surface area contributed by atoms with Crippen molar-refractivity contribution in [2.75, 3.05) is 11.1 Å². The lowest BCUT2D eigenvalue weighted by Crippen LogP contribution is -2.15. The Bertz CT molecular complexity index is 1030. The maximum atomic E-state index is 12.0. The number of thioether (sulfide) groups is 1. The number of primary sulfonamides is 1. The Balaban J connectivity index is 1.60. The molecule has 130 valence electrons. The van der Waals surface area contributed by atoms with Crippen molar-refractivity contribution < 1.29 is 17.6 Å². The van der Waals surface area contributed by atoms with Gasteiger partial charge in [0.15, 0.2) is 11.2 Å². The lowest BCUT2D eigenvalue weighted by Gasteiger charge is -2.05. The number of rotatable bonds is 5. The number of nitrogens with two attached hydrogens (primary N) is 1. The molecule has 0 fully saturated rings. The summed E-state index contributed by atoms with van der Waals surface area (Å²) < 4.78 is 27.9. The normalized spacial score (nSPS) is 11.6. The number of nitrogens with one attached hydrogen (secondary N) is 1. The first-order valence-corrected chi connectivity index (χ1v) is 9.64. The number of carbonyl (C=O) groups is 1. The van der Waals surface area contributed by atoms with Crippen molar-refractivity contribution in [3.8, 4) is 0 Å². The van der Waals surface area contributed by atoms with Gasteiger partial charge in [-0.25, -0.2) is 18.5 Å². The topological polar surface area (TPSA) is 128 Å². The number of amides is 1. The first-order valence-electron chi connectivity index (χ1n) is 7.11. The summed E-state index contributed by atoms with van der Waals surface area (Å²) in [5.41, 5.74) is 2.36. The molecule has 0 aliphatic rings. The Morgan fingerprint density at radius 1 is 1.20 bits per heavy atom. The Morgan fingerprint density at radius 3 is 2.60 bits per heavy atom. The zero-order chi connectivity index (χ0) is 18.0. The first kappa shape index (κ1) is 17.4. The van der Waals surface area contributed by atoms with Gasteiger partial charge in [0.25, 0.3) is 5.22 Å². The highest BCUT2D eigenvalue weighted by Crippen LogP contribution is 2.22. The van der Waals surface area contributed by atoms with Crippen LogP contribution in [0.5, 0.6) is 0 Å². The Labute approximate surface area is 147 Å². The molecular formula is C15H14N4O4S2. The molecule has 0 bridgehead atoms. The number of hydrogen-bond acceptors (Lipinski definition) is 7. The molecule has 0 saturated carbocycles. The molecule has 0 saturated heterocycles. The number of nitrogens with zero attached hydrogens (tertiary/aromatic N) is 2. The predicted molar refractivity (Wildman–Crippen MR) is 93.7 cm³/mol. The standard InChI is InChI=1S/C15H14N4O4S2/c1-9-2-7-12-14(17-9)19-15(23-12)24-8-13(20)18-10-3-5-11(6-4-10)25(16,21)22/h2-7H,8H2,1H3,(H,18,20)(H2,16,21,22). The molecule has 8 nitrogen and oxygen atoms in total. The summed E-state index contributed by atoms with van der Waals surface area (Å²) >= 11 is 1.14. The molecule has 1 amide bonds. The summed E-state index contributed by atoms with van der Waals surface area (Å²) in [7, 11) is -3.75. The van der Waals surface area contributed by atoms with Gasteiger partial charge in [-0.3, -0.25) is 4.79 Å². The van der Waals surface area contributed by atoms with E-state index in [2.05, 4.69) is 15.3 Å². The molecule has 0 spiro atoms. The molecule has 0 atom stereocenters. The number of aromatic nitrogens is 2. The van der Waals surface area contributed by atoms with Gasteiger partial charge in [0.1, 0.15) is 0 Å². The minimum absolute atomic E-state index is 0.0193. The second kappa shape index (κ2) is 6.82. The quantitative estimate of drug-likeness (QED) is 0.649. The molecule has 2 heterocycles. The van der Waals surface area contributed by atoms with Crippen molar-refractivity contribution in [2.45, 2.75) is 17.0 Å². The van der Waals surface area contributed by atoms with Crippen LogP contribution in [0.15, 0.2) is 50.9 Å². The predicted octanol–water partition coefficient (Wildman–Crippen LogP) is 1.91. The number of sulfonamides is 1. The maximum absolute atomic E-state index is 12.0. The number of pyridine rings is 1. The van der Waals surface area contributed by atoms with Gasteiger partial charge >= 0.3 is 0 Å². The van der Waals surface area contributed by atoms with Crippen molar-refractivity contribution in [1.29, 1.82) is 0 Å². The van der Waals surface area contributed by atoms with Gasteiger partial charge in [-0.15, -0.1) is 0 Å². The first-order chi connectivity index (χ1) is 11.8. The number of fused-ring (bicyclic) bond motifs is 1. The van der Waals surface area contributed by atoms with E-state index in [0.717, 1.165) is 17.5 Å². The van der Waals surface area contributed by atoms with Crippen LogP contribution in [-0.4, -0.2) is 30.0 Å². The van der Waals surface area contributed by atoms with Crippen LogP contribution >= 0.6 is 11.8 Å². The lowest BCUT2D eigenvalue weighted by molar-refractivity contribution is -0.113. The van der Waals surface area contributed by atoms with Gasteiger partial charge in [-0.05, 0) is 43.3 Å². The fourth-order valence-corrected chi connectivity index (χ4v) is 3.15. The third-order valence-electron chi connectivity index (χ3n) is 3.17. The lowest BCUT2D eigenvalue weighted by atomic mass is 10.3. The molecule has 10 heteroatoms. The van der Waals surface area contributed by atoms with Crippen LogP contribution in [0.3, 0.4) is 0 Å². The highest BCUT2D eigenvalue weighted by atomic mass is 32.2. The molecule has 0 radical (unpaired) electrons. The number of anilines is 1. The van der Waals surface area contributed by atoms with E-state index in [1.807, 2.05) is 13.0 Å². The average Bonchev–Trinajstić information content (AvgIpc) is 2.94. The Hall–Kier alpha value is -2.43. The van der Waals surface area contributed by atoms with E-state index in [9.17, 15) is 13.2 Å². The van der Waals surface area contributed by atoms with Gasteiger partial charge in [-0.1, -0.05) is 11.8 Å². The summed E-state index contributed by atoms with van der Waals surface area (Å²) in [6.07, 6.45) is 0. The van der Waals surface area contributed by atoms with Crippen molar-refractivity contribution in [3.63, 3.8) is 0 Å². The number of aryl methyl sites for hydroxylation is 1. The second-order valence-electron chi connectivity index (χ2n) is 5.16. The average molecular weight is 378 g/mol. The van der Waals surface area contributed by atoms with Crippen LogP contribution in [0.2, 0.25) is 0 Å². The van der Waals surface area contributed by atoms with Crippen molar-refractivity contribution in [1.82, 2.24) is 9.97 Å². The monoisotopic (exact) mass is 378 g/mol. The molecule has 2 aromatic heterocycles. The molecule has 0 aliphatic heterocycles. The van der Waals surface area contributed by atoms with Crippen LogP contribution in [0.25, 0.3) is 11.2 Å². The highest BCUT2D eigenvalue weighted by molar-refractivity contribution is 7.99. The van der Waals surface area contributed by atoms with Crippen LogP contribution in [-0.2, 0) is 14.8 Å². The van der Waals surface area contributed by atoms with E-state index in [1.54, 1.807) is 6.07 Å². The second-order valence-corrected chi connectivity index (χ2v) is 7.65. The summed E-state index contributed by atoms with van der Waals surface area (Å²) in [6, 6.07) is 9.18. The van der Waals surface area contributed by atoms with Crippen molar-refractivity contribution in [3.05, 3.63) is 42.1 Å². The third-order valence-corrected chi connectivity index (χ3v) is 4.92. The molecule has 1 aromatic carbocycles. The van der Waals surface area contributed by atoms with E-state index in [0.29, 0.717) is 22.1 Å². The summed E-state index contributed by atoms with van der Waals surface area (Å²) in [5.74, 6) is -0.192. The maximum Gasteiger partial charge on any atom is 0.258 e. The summed E-state index contributed by atoms with van der Waals surface area (Å²) in [4.78, 5) is 20.4. The number of carbonyl (C=O) groups excluding carboxylic acids is 1. The van der Waals surface area contributed by atoms with E-state index in [-0.39, 0.29) is 16.6 Å². The van der Waals surface area contributed by atoms with Gasteiger partial charge < -0.3 is 9.73 Å². The van der Waals surface area contributed by atoms with Crippen LogP contribution in [0, 0.1) is 6.92 Å². The molecule has 0 unspecified atom stereocenters. The van der Waals surface area contributed by atoms with Gasteiger partial charge in [-0.2, -0.15) is 4.98 Å². The summed E-state index contributed by atoms with van der Waals surface area (Å²) in [5, 5.41) is 8.03. The van der Waals surface area contributed by atoms with Gasteiger partial charge in [0.05, 0.1) is 10.6 Å². The van der Waals surface area contributed by atoms with Crippen LogP contribution in [0.4, 0.5) is 5.69 Å². The Morgan fingerprint density at radius 2 is 1.92 bits per heavy atom. The van der Waals surface area contributed by atoms with E-state index >= 15 is 0 Å². The number of benzene rings is 1.